The normalized spacial score (nSPS) is 20.2. The molecule has 0 bridgehead atoms. The summed E-state index contributed by atoms with van der Waals surface area (Å²) in [5.74, 6) is 1.56. The lowest BCUT2D eigenvalue weighted by Crippen LogP contribution is -2.42. The first-order valence-corrected chi connectivity index (χ1v) is 9.94. The number of benzene rings is 1. The molecule has 2 aliphatic heterocycles. The zero-order valence-electron chi connectivity index (χ0n) is 16.9. The fraction of sp³-hybridized carbons (Fsp3) is 0.619. The second kappa shape index (κ2) is 10.7. The van der Waals surface area contributed by atoms with Crippen LogP contribution in [-0.4, -0.2) is 62.0 Å². The van der Waals surface area contributed by atoms with Crippen LogP contribution in [0.15, 0.2) is 24.3 Å². The molecule has 0 saturated carbocycles. The third-order valence-electron chi connectivity index (χ3n) is 5.83. The molecule has 1 N–H and O–H groups in total. The predicted molar refractivity (Wildman–Crippen MR) is 112 cm³/mol. The number of rotatable bonds is 7. The molecule has 0 aromatic heterocycles. The van der Waals surface area contributed by atoms with Crippen molar-refractivity contribution in [2.75, 3.05) is 40.3 Å². The second-order valence-corrected chi connectivity index (χ2v) is 7.68. The van der Waals surface area contributed by atoms with Crippen LogP contribution in [0.25, 0.3) is 0 Å². The summed E-state index contributed by atoms with van der Waals surface area (Å²) in [7, 11) is 3.62. The zero-order valence-corrected chi connectivity index (χ0v) is 17.7. The molecular formula is C21H32ClN3O3. The summed E-state index contributed by atoms with van der Waals surface area (Å²) in [4.78, 5) is 29.0. The van der Waals surface area contributed by atoms with Crippen molar-refractivity contribution in [3.63, 3.8) is 0 Å². The summed E-state index contributed by atoms with van der Waals surface area (Å²) in [6.07, 6.45) is 3.66. The molecule has 7 heteroatoms. The first-order chi connectivity index (χ1) is 13.1. The lowest BCUT2D eigenvalue weighted by Gasteiger charge is -2.33. The number of hydrogen-bond acceptors (Lipinski definition) is 4. The van der Waals surface area contributed by atoms with E-state index in [0.29, 0.717) is 25.4 Å². The molecule has 1 aromatic carbocycles. The van der Waals surface area contributed by atoms with E-state index < -0.39 is 0 Å². The first-order valence-electron chi connectivity index (χ1n) is 9.94. The summed E-state index contributed by atoms with van der Waals surface area (Å²) in [5.41, 5.74) is 1.06. The molecular weight excluding hydrogens is 378 g/mol. The van der Waals surface area contributed by atoms with Crippen LogP contribution in [0, 0.1) is 11.8 Å². The molecule has 1 aromatic rings. The molecule has 1 atom stereocenters. The van der Waals surface area contributed by atoms with E-state index in [0.717, 1.165) is 43.8 Å². The number of piperidine rings is 1. The Labute approximate surface area is 174 Å². The van der Waals surface area contributed by atoms with Crippen molar-refractivity contribution in [3.8, 4) is 5.75 Å². The Bertz CT molecular complexity index is 645. The van der Waals surface area contributed by atoms with Gasteiger partial charge >= 0.3 is 0 Å². The van der Waals surface area contributed by atoms with Gasteiger partial charge < -0.3 is 19.9 Å². The van der Waals surface area contributed by atoms with Crippen LogP contribution in [0.1, 0.15) is 31.2 Å². The highest BCUT2D eigenvalue weighted by molar-refractivity contribution is 5.89. The van der Waals surface area contributed by atoms with Gasteiger partial charge in [-0.2, -0.15) is 0 Å². The SMILES string of the molecule is CNCCC1CCN(C(=O)C2CC(=O)N(Cc3ccc(OC)cc3)C2)CC1.Cl. The minimum atomic E-state index is -0.190. The molecule has 1 unspecified atom stereocenters. The number of carbonyl (C=O) groups excluding carboxylic acids is 2. The summed E-state index contributed by atoms with van der Waals surface area (Å²) in [6.45, 7) is 3.78. The molecule has 2 heterocycles. The maximum atomic E-state index is 12.9. The Kier molecular flexibility index (Phi) is 8.58. The molecule has 0 radical (unpaired) electrons. The second-order valence-electron chi connectivity index (χ2n) is 7.68. The Balaban J connectivity index is 0.00000280. The highest BCUT2D eigenvalue weighted by atomic mass is 35.5. The Morgan fingerprint density at radius 2 is 1.89 bits per heavy atom. The largest absolute Gasteiger partial charge is 0.497 e. The van der Waals surface area contributed by atoms with Crippen LogP contribution in [0.4, 0.5) is 0 Å². The van der Waals surface area contributed by atoms with E-state index in [1.54, 1.807) is 7.11 Å². The molecule has 2 aliphatic rings. The molecule has 156 valence electrons. The van der Waals surface area contributed by atoms with Crippen molar-refractivity contribution in [2.24, 2.45) is 11.8 Å². The van der Waals surface area contributed by atoms with Crippen molar-refractivity contribution < 1.29 is 14.3 Å². The van der Waals surface area contributed by atoms with Crippen LogP contribution in [0.5, 0.6) is 5.75 Å². The smallest absolute Gasteiger partial charge is 0.227 e. The van der Waals surface area contributed by atoms with Gasteiger partial charge in [0.15, 0.2) is 0 Å². The van der Waals surface area contributed by atoms with Gasteiger partial charge in [0, 0.05) is 32.6 Å². The van der Waals surface area contributed by atoms with Crippen LogP contribution < -0.4 is 10.1 Å². The average molecular weight is 410 g/mol. The topological polar surface area (TPSA) is 61.9 Å². The zero-order chi connectivity index (χ0) is 19.2. The predicted octanol–water partition coefficient (Wildman–Crippen LogP) is 2.31. The quantitative estimate of drug-likeness (QED) is 0.750. The lowest BCUT2D eigenvalue weighted by molar-refractivity contribution is -0.137. The van der Waals surface area contributed by atoms with E-state index in [-0.39, 0.29) is 30.1 Å². The van der Waals surface area contributed by atoms with Gasteiger partial charge in [-0.1, -0.05) is 12.1 Å². The van der Waals surface area contributed by atoms with E-state index in [2.05, 4.69) is 5.32 Å². The van der Waals surface area contributed by atoms with E-state index in [1.807, 2.05) is 41.1 Å². The van der Waals surface area contributed by atoms with Gasteiger partial charge in [0.2, 0.25) is 11.8 Å². The number of hydrogen-bond donors (Lipinski definition) is 1. The number of likely N-dealkylation sites (tertiary alicyclic amines) is 2. The maximum absolute atomic E-state index is 12.9. The van der Waals surface area contributed by atoms with Crippen molar-refractivity contribution in [3.05, 3.63) is 29.8 Å². The summed E-state index contributed by atoms with van der Waals surface area (Å²) >= 11 is 0. The van der Waals surface area contributed by atoms with E-state index in [9.17, 15) is 9.59 Å². The standard InChI is InChI=1S/C21H31N3O3.ClH/c1-22-10-7-16-8-11-23(12-9-16)21(26)18-13-20(25)24(15-18)14-17-3-5-19(27-2)6-4-17;/h3-6,16,18,22H,7-15H2,1-2H3;1H. The fourth-order valence-corrected chi connectivity index (χ4v) is 4.09. The molecule has 0 spiro atoms. The van der Waals surface area contributed by atoms with Crippen molar-refractivity contribution >= 4 is 24.2 Å². The van der Waals surface area contributed by atoms with Gasteiger partial charge in [0.05, 0.1) is 13.0 Å². The Hall–Kier alpha value is -1.79. The average Bonchev–Trinajstić information content (AvgIpc) is 3.07. The minimum absolute atomic E-state index is 0. The Morgan fingerprint density at radius 3 is 2.50 bits per heavy atom. The van der Waals surface area contributed by atoms with Crippen molar-refractivity contribution in [2.45, 2.75) is 32.2 Å². The summed E-state index contributed by atoms with van der Waals surface area (Å²) in [6, 6.07) is 7.74. The fourth-order valence-electron chi connectivity index (χ4n) is 4.09. The van der Waals surface area contributed by atoms with Gasteiger partial charge in [0.25, 0.3) is 0 Å². The van der Waals surface area contributed by atoms with Gasteiger partial charge in [-0.05, 0) is 56.5 Å². The number of nitrogens with zero attached hydrogens (tertiary/aromatic N) is 2. The highest BCUT2D eigenvalue weighted by Crippen LogP contribution is 2.26. The number of methoxy groups -OCH3 is 1. The van der Waals surface area contributed by atoms with Crippen LogP contribution in [0.2, 0.25) is 0 Å². The van der Waals surface area contributed by atoms with Crippen molar-refractivity contribution in [1.29, 1.82) is 0 Å². The number of halogens is 1. The molecule has 0 aliphatic carbocycles. The molecule has 6 nitrogen and oxygen atoms in total. The van der Waals surface area contributed by atoms with Gasteiger partial charge in [-0.3, -0.25) is 9.59 Å². The minimum Gasteiger partial charge on any atom is -0.497 e. The van der Waals surface area contributed by atoms with E-state index >= 15 is 0 Å². The van der Waals surface area contributed by atoms with E-state index in [4.69, 9.17) is 4.74 Å². The third kappa shape index (κ3) is 5.61. The highest BCUT2D eigenvalue weighted by Gasteiger charge is 2.37. The number of carbonyl (C=O) groups is 2. The maximum Gasteiger partial charge on any atom is 0.227 e. The molecule has 2 amide bonds. The van der Waals surface area contributed by atoms with Crippen LogP contribution in [0.3, 0.4) is 0 Å². The van der Waals surface area contributed by atoms with Crippen molar-refractivity contribution in [1.82, 2.24) is 15.1 Å². The first kappa shape index (κ1) is 22.5. The lowest BCUT2D eigenvalue weighted by atomic mass is 9.92. The number of nitrogens with one attached hydrogen (secondary N) is 1. The van der Waals surface area contributed by atoms with E-state index in [1.165, 1.54) is 6.42 Å². The van der Waals surface area contributed by atoms with Crippen LogP contribution >= 0.6 is 12.4 Å². The van der Waals surface area contributed by atoms with Crippen LogP contribution in [-0.2, 0) is 16.1 Å². The molecule has 2 fully saturated rings. The monoisotopic (exact) mass is 409 g/mol. The summed E-state index contributed by atoms with van der Waals surface area (Å²) in [5, 5.41) is 3.20. The van der Waals surface area contributed by atoms with Gasteiger partial charge in [-0.25, -0.2) is 0 Å². The van der Waals surface area contributed by atoms with Gasteiger partial charge in [-0.15, -0.1) is 12.4 Å². The third-order valence-corrected chi connectivity index (χ3v) is 5.83. The number of amides is 2. The van der Waals surface area contributed by atoms with Gasteiger partial charge in [0.1, 0.15) is 5.75 Å². The molecule has 3 rings (SSSR count). The molecule has 2 saturated heterocycles. The number of ether oxygens (including phenoxy) is 1. The molecule has 28 heavy (non-hydrogen) atoms. The Morgan fingerprint density at radius 1 is 1.21 bits per heavy atom. The summed E-state index contributed by atoms with van der Waals surface area (Å²) < 4.78 is 5.17.